The minimum atomic E-state index is -0.731. The Bertz CT molecular complexity index is 347. The van der Waals surface area contributed by atoms with Gasteiger partial charge in [-0.25, -0.2) is 0 Å². The highest BCUT2D eigenvalue weighted by Gasteiger charge is 2.04. The molecule has 2 nitrogen and oxygen atoms in total. The van der Waals surface area contributed by atoms with Crippen molar-refractivity contribution in [1.29, 1.82) is 0 Å². The van der Waals surface area contributed by atoms with E-state index in [1.165, 1.54) is 10.5 Å². The van der Waals surface area contributed by atoms with Crippen LogP contribution in [0.1, 0.15) is 24.5 Å². The summed E-state index contributed by atoms with van der Waals surface area (Å²) in [5.41, 5.74) is 2.43. The zero-order valence-electron chi connectivity index (χ0n) is 9.12. The lowest BCUT2D eigenvalue weighted by atomic mass is 10.0. The Labute approximate surface area is 94.7 Å². The van der Waals surface area contributed by atoms with Gasteiger partial charge in [0.15, 0.2) is 0 Å². The van der Waals surface area contributed by atoms with E-state index in [0.29, 0.717) is 6.42 Å². The average Bonchev–Trinajstić information content (AvgIpc) is 2.25. The van der Waals surface area contributed by atoms with Crippen molar-refractivity contribution in [3.63, 3.8) is 0 Å². The molecule has 1 aromatic rings. The number of carbonyl (C=O) groups is 1. The quantitative estimate of drug-likeness (QED) is 0.781. The van der Waals surface area contributed by atoms with Gasteiger partial charge in [-0.1, -0.05) is 13.0 Å². The summed E-state index contributed by atoms with van der Waals surface area (Å²) in [6.45, 7) is 2.10. The summed E-state index contributed by atoms with van der Waals surface area (Å²) >= 11 is 1.72. The van der Waals surface area contributed by atoms with Gasteiger partial charge in [-0.15, -0.1) is 11.8 Å². The molecule has 0 spiro atoms. The van der Waals surface area contributed by atoms with Crippen LogP contribution < -0.4 is 0 Å². The van der Waals surface area contributed by atoms with E-state index in [4.69, 9.17) is 5.11 Å². The monoisotopic (exact) mass is 224 g/mol. The number of aliphatic carboxylic acids is 1. The van der Waals surface area contributed by atoms with Gasteiger partial charge in [-0.3, -0.25) is 4.79 Å². The Morgan fingerprint density at radius 1 is 1.40 bits per heavy atom. The SMILES string of the molecule is CCc1cc(SC)ccc1CCC(=O)O. The zero-order valence-corrected chi connectivity index (χ0v) is 9.93. The van der Waals surface area contributed by atoms with Gasteiger partial charge in [0.25, 0.3) is 0 Å². The first-order valence-electron chi connectivity index (χ1n) is 5.05. The largest absolute Gasteiger partial charge is 0.481 e. The van der Waals surface area contributed by atoms with Crippen molar-refractivity contribution >= 4 is 17.7 Å². The molecule has 0 amide bonds. The van der Waals surface area contributed by atoms with E-state index in [1.807, 2.05) is 12.3 Å². The molecule has 0 aromatic heterocycles. The van der Waals surface area contributed by atoms with Crippen molar-refractivity contribution in [2.45, 2.75) is 31.1 Å². The molecule has 0 atom stereocenters. The number of rotatable bonds is 5. The highest BCUT2D eigenvalue weighted by molar-refractivity contribution is 7.98. The van der Waals surface area contributed by atoms with E-state index in [1.54, 1.807) is 11.8 Å². The van der Waals surface area contributed by atoms with Gasteiger partial charge in [0.05, 0.1) is 0 Å². The van der Waals surface area contributed by atoms with Crippen molar-refractivity contribution in [2.75, 3.05) is 6.26 Å². The molecule has 0 aliphatic carbocycles. The molecular formula is C12H16O2S. The fourth-order valence-electron chi connectivity index (χ4n) is 1.54. The summed E-state index contributed by atoms with van der Waals surface area (Å²) in [5.74, 6) is -0.731. The average molecular weight is 224 g/mol. The van der Waals surface area contributed by atoms with Crippen LogP contribution in [-0.2, 0) is 17.6 Å². The Morgan fingerprint density at radius 2 is 2.13 bits per heavy atom. The molecule has 0 heterocycles. The Hall–Kier alpha value is -0.960. The van der Waals surface area contributed by atoms with Crippen LogP contribution >= 0.6 is 11.8 Å². The van der Waals surface area contributed by atoms with Gasteiger partial charge in [0.1, 0.15) is 0 Å². The second kappa shape index (κ2) is 5.81. The summed E-state index contributed by atoms with van der Waals surface area (Å²) in [5, 5.41) is 8.64. The number of carboxylic acids is 1. The fraction of sp³-hybridized carbons (Fsp3) is 0.417. The Kier molecular flexibility index (Phi) is 4.69. The van der Waals surface area contributed by atoms with Crippen LogP contribution in [0.15, 0.2) is 23.1 Å². The molecule has 0 bridgehead atoms. The normalized spacial score (nSPS) is 10.3. The Morgan fingerprint density at radius 3 is 2.67 bits per heavy atom. The molecule has 0 radical (unpaired) electrons. The zero-order chi connectivity index (χ0) is 11.3. The number of aryl methyl sites for hydroxylation is 2. The Balaban J connectivity index is 2.82. The van der Waals surface area contributed by atoms with E-state index >= 15 is 0 Å². The van der Waals surface area contributed by atoms with Crippen LogP contribution in [0.25, 0.3) is 0 Å². The molecule has 82 valence electrons. The topological polar surface area (TPSA) is 37.3 Å². The van der Waals surface area contributed by atoms with E-state index in [0.717, 1.165) is 12.0 Å². The van der Waals surface area contributed by atoms with E-state index in [2.05, 4.69) is 19.1 Å². The van der Waals surface area contributed by atoms with Crippen molar-refractivity contribution < 1.29 is 9.90 Å². The van der Waals surface area contributed by atoms with Crippen molar-refractivity contribution in [3.05, 3.63) is 29.3 Å². The van der Waals surface area contributed by atoms with Gasteiger partial charge in [0.2, 0.25) is 0 Å². The predicted molar refractivity (Wildman–Crippen MR) is 63.6 cm³/mol. The van der Waals surface area contributed by atoms with Gasteiger partial charge in [-0.05, 0) is 42.4 Å². The second-order valence-corrected chi connectivity index (χ2v) is 4.26. The standard InChI is InChI=1S/C12H16O2S/c1-3-9-8-11(15-2)6-4-10(9)5-7-12(13)14/h4,6,8H,3,5,7H2,1-2H3,(H,13,14). The summed E-state index contributed by atoms with van der Waals surface area (Å²) in [4.78, 5) is 11.7. The van der Waals surface area contributed by atoms with Gasteiger partial charge >= 0.3 is 5.97 Å². The lowest BCUT2D eigenvalue weighted by Crippen LogP contribution is -2.00. The number of hydrogen-bond acceptors (Lipinski definition) is 2. The summed E-state index contributed by atoms with van der Waals surface area (Å²) < 4.78 is 0. The number of carboxylic acid groups (broad SMARTS) is 1. The molecule has 0 unspecified atom stereocenters. The maximum atomic E-state index is 10.5. The first kappa shape index (κ1) is 12.1. The summed E-state index contributed by atoms with van der Waals surface area (Å²) in [6, 6.07) is 6.26. The third-order valence-corrected chi connectivity index (χ3v) is 3.13. The van der Waals surface area contributed by atoms with Crippen LogP contribution in [0, 0.1) is 0 Å². The highest BCUT2D eigenvalue weighted by Crippen LogP contribution is 2.20. The van der Waals surface area contributed by atoms with Gasteiger partial charge < -0.3 is 5.11 Å². The predicted octanol–water partition coefficient (Wildman–Crippen LogP) is 2.99. The first-order chi connectivity index (χ1) is 7.17. The molecular weight excluding hydrogens is 208 g/mol. The highest BCUT2D eigenvalue weighted by atomic mass is 32.2. The van der Waals surface area contributed by atoms with Crippen LogP contribution in [0.4, 0.5) is 0 Å². The maximum absolute atomic E-state index is 10.5. The van der Waals surface area contributed by atoms with Gasteiger partial charge in [0, 0.05) is 11.3 Å². The smallest absolute Gasteiger partial charge is 0.303 e. The van der Waals surface area contributed by atoms with Crippen LogP contribution in [0.2, 0.25) is 0 Å². The van der Waals surface area contributed by atoms with E-state index in [9.17, 15) is 4.79 Å². The first-order valence-corrected chi connectivity index (χ1v) is 6.27. The van der Waals surface area contributed by atoms with E-state index < -0.39 is 5.97 Å². The molecule has 15 heavy (non-hydrogen) atoms. The van der Waals surface area contributed by atoms with Crippen LogP contribution in [0.3, 0.4) is 0 Å². The maximum Gasteiger partial charge on any atom is 0.303 e. The summed E-state index contributed by atoms with van der Waals surface area (Å²) in [7, 11) is 0. The van der Waals surface area contributed by atoms with Crippen molar-refractivity contribution in [3.8, 4) is 0 Å². The van der Waals surface area contributed by atoms with Crippen LogP contribution in [0.5, 0.6) is 0 Å². The third-order valence-electron chi connectivity index (χ3n) is 2.40. The van der Waals surface area contributed by atoms with E-state index in [-0.39, 0.29) is 6.42 Å². The molecule has 0 aliphatic heterocycles. The lowest BCUT2D eigenvalue weighted by molar-refractivity contribution is -0.136. The minimum absolute atomic E-state index is 0.214. The van der Waals surface area contributed by atoms with Gasteiger partial charge in [-0.2, -0.15) is 0 Å². The molecule has 3 heteroatoms. The summed E-state index contributed by atoms with van der Waals surface area (Å²) in [6.07, 6.45) is 3.85. The molecule has 1 aromatic carbocycles. The molecule has 1 N–H and O–H groups in total. The lowest BCUT2D eigenvalue weighted by Gasteiger charge is -2.08. The van der Waals surface area contributed by atoms with Crippen molar-refractivity contribution in [2.24, 2.45) is 0 Å². The second-order valence-electron chi connectivity index (χ2n) is 3.38. The molecule has 0 fully saturated rings. The molecule has 0 aliphatic rings. The number of benzene rings is 1. The minimum Gasteiger partial charge on any atom is -0.481 e. The fourth-order valence-corrected chi connectivity index (χ4v) is 2.01. The third kappa shape index (κ3) is 3.59. The number of thioether (sulfide) groups is 1. The van der Waals surface area contributed by atoms with Crippen LogP contribution in [-0.4, -0.2) is 17.3 Å². The molecule has 0 saturated heterocycles. The molecule has 1 rings (SSSR count). The molecule has 0 saturated carbocycles. The number of hydrogen-bond donors (Lipinski definition) is 1. The van der Waals surface area contributed by atoms with Crippen molar-refractivity contribution in [1.82, 2.24) is 0 Å².